The zero-order valence-electron chi connectivity index (χ0n) is 10.2. The van der Waals surface area contributed by atoms with Gasteiger partial charge in [0, 0.05) is 10.0 Å². The van der Waals surface area contributed by atoms with Crippen LogP contribution in [-0.2, 0) is 9.59 Å². The number of halogens is 2. The van der Waals surface area contributed by atoms with Crippen LogP contribution in [0, 0.1) is 0 Å². The molecule has 1 aromatic rings. The number of carbonyl (C=O) groups is 2. The topological polar surface area (TPSA) is 78.4 Å². The SMILES string of the molecule is CNCC(=O)NC(CC(=O)O)c1cc(Cl)cc(Cl)c1. The van der Waals surface area contributed by atoms with E-state index in [2.05, 4.69) is 10.6 Å². The number of carboxylic acid groups (broad SMARTS) is 1. The molecule has 7 heteroatoms. The van der Waals surface area contributed by atoms with Crippen LogP contribution in [0.4, 0.5) is 0 Å². The summed E-state index contributed by atoms with van der Waals surface area (Å²) in [6, 6.07) is 4.04. The molecule has 1 rings (SSSR count). The molecule has 0 aromatic heterocycles. The third kappa shape index (κ3) is 5.46. The van der Waals surface area contributed by atoms with Crippen LogP contribution in [0.1, 0.15) is 18.0 Å². The van der Waals surface area contributed by atoms with Gasteiger partial charge in [-0.05, 0) is 30.8 Å². The molecule has 0 radical (unpaired) electrons. The maximum atomic E-state index is 11.5. The first-order valence-corrected chi connectivity index (χ1v) is 6.29. The van der Waals surface area contributed by atoms with Crippen LogP contribution >= 0.6 is 23.2 Å². The van der Waals surface area contributed by atoms with Gasteiger partial charge < -0.3 is 15.7 Å². The fourth-order valence-electron chi connectivity index (χ4n) is 1.61. The third-order valence-corrected chi connectivity index (χ3v) is 2.77. The molecular formula is C12H14Cl2N2O3. The van der Waals surface area contributed by atoms with Crippen molar-refractivity contribution < 1.29 is 14.7 Å². The molecule has 5 nitrogen and oxygen atoms in total. The molecule has 0 aliphatic carbocycles. The Morgan fingerprint density at radius 3 is 2.32 bits per heavy atom. The maximum Gasteiger partial charge on any atom is 0.305 e. The first-order chi connectivity index (χ1) is 8.92. The number of nitrogens with one attached hydrogen (secondary N) is 2. The summed E-state index contributed by atoms with van der Waals surface area (Å²) in [4.78, 5) is 22.4. The van der Waals surface area contributed by atoms with Crippen molar-refractivity contribution in [1.29, 1.82) is 0 Å². The lowest BCUT2D eigenvalue weighted by Crippen LogP contribution is -2.36. The molecule has 0 saturated heterocycles. The van der Waals surface area contributed by atoms with Crippen LogP contribution in [-0.4, -0.2) is 30.6 Å². The zero-order valence-corrected chi connectivity index (χ0v) is 11.8. The molecule has 0 saturated carbocycles. The molecule has 0 aliphatic rings. The van der Waals surface area contributed by atoms with Crippen LogP contribution in [0.3, 0.4) is 0 Å². The van der Waals surface area contributed by atoms with Crippen LogP contribution < -0.4 is 10.6 Å². The number of likely N-dealkylation sites (N-methyl/N-ethyl adjacent to an activating group) is 1. The number of aliphatic carboxylic acids is 1. The van der Waals surface area contributed by atoms with E-state index in [-0.39, 0.29) is 18.9 Å². The molecule has 0 spiro atoms. The highest BCUT2D eigenvalue weighted by molar-refractivity contribution is 6.34. The molecule has 1 amide bonds. The van der Waals surface area contributed by atoms with E-state index >= 15 is 0 Å². The number of hydrogen-bond acceptors (Lipinski definition) is 3. The zero-order chi connectivity index (χ0) is 14.4. The van der Waals surface area contributed by atoms with E-state index in [1.54, 1.807) is 25.2 Å². The molecule has 0 aliphatic heterocycles. The summed E-state index contributed by atoms with van der Waals surface area (Å²) in [6.45, 7) is 0.102. The van der Waals surface area contributed by atoms with Crippen molar-refractivity contribution in [3.05, 3.63) is 33.8 Å². The van der Waals surface area contributed by atoms with E-state index in [9.17, 15) is 9.59 Å². The van der Waals surface area contributed by atoms with E-state index in [1.165, 1.54) is 0 Å². The van der Waals surface area contributed by atoms with Crippen molar-refractivity contribution >= 4 is 35.1 Å². The first-order valence-electron chi connectivity index (χ1n) is 5.54. The highest BCUT2D eigenvalue weighted by Gasteiger charge is 2.18. The Kier molecular flexibility index (Phi) is 6.08. The summed E-state index contributed by atoms with van der Waals surface area (Å²) in [6.07, 6.45) is -0.244. The average molecular weight is 305 g/mol. The Labute approximate surface area is 120 Å². The van der Waals surface area contributed by atoms with Crippen LogP contribution in [0.25, 0.3) is 0 Å². The predicted octanol–water partition coefficient (Wildman–Crippen LogP) is 1.84. The summed E-state index contributed by atoms with van der Waals surface area (Å²) in [5.74, 6) is -1.32. The fraction of sp³-hybridized carbons (Fsp3) is 0.333. The van der Waals surface area contributed by atoms with Crippen molar-refractivity contribution in [3.8, 4) is 0 Å². The highest BCUT2D eigenvalue weighted by atomic mass is 35.5. The molecule has 3 N–H and O–H groups in total. The molecule has 1 aromatic carbocycles. The summed E-state index contributed by atoms with van der Waals surface area (Å²) in [5.41, 5.74) is 0.560. The van der Waals surface area contributed by atoms with Gasteiger partial charge in [-0.25, -0.2) is 0 Å². The second kappa shape index (κ2) is 7.33. The Hall–Kier alpha value is -1.30. The van der Waals surface area contributed by atoms with Crippen molar-refractivity contribution in [3.63, 3.8) is 0 Å². The second-order valence-electron chi connectivity index (χ2n) is 3.95. The molecule has 104 valence electrons. The molecule has 0 heterocycles. The molecule has 0 fully saturated rings. The van der Waals surface area contributed by atoms with E-state index in [0.29, 0.717) is 15.6 Å². The van der Waals surface area contributed by atoms with Gasteiger partial charge in [0.15, 0.2) is 0 Å². The Bertz CT molecular complexity index is 460. The van der Waals surface area contributed by atoms with E-state index in [4.69, 9.17) is 28.3 Å². The maximum absolute atomic E-state index is 11.5. The van der Waals surface area contributed by atoms with E-state index in [0.717, 1.165) is 0 Å². The van der Waals surface area contributed by atoms with Crippen molar-refractivity contribution in [1.82, 2.24) is 10.6 Å². The Morgan fingerprint density at radius 2 is 1.84 bits per heavy atom. The molecule has 0 bridgehead atoms. The van der Waals surface area contributed by atoms with E-state index < -0.39 is 12.0 Å². The molecule has 1 atom stereocenters. The minimum Gasteiger partial charge on any atom is -0.481 e. The van der Waals surface area contributed by atoms with Gasteiger partial charge in [0.05, 0.1) is 19.0 Å². The van der Waals surface area contributed by atoms with Gasteiger partial charge in [-0.15, -0.1) is 0 Å². The minimum absolute atomic E-state index is 0.102. The molecular weight excluding hydrogens is 291 g/mol. The second-order valence-corrected chi connectivity index (χ2v) is 4.82. The molecule has 1 unspecified atom stereocenters. The van der Waals surface area contributed by atoms with E-state index in [1.807, 2.05) is 0 Å². The van der Waals surface area contributed by atoms with Crippen molar-refractivity contribution in [2.45, 2.75) is 12.5 Å². The summed E-state index contributed by atoms with van der Waals surface area (Å²) >= 11 is 11.7. The lowest BCUT2D eigenvalue weighted by Gasteiger charge is -2.18. The number of amides is 1. The normalized spacial score (nSPS) is 11.9. The van der Waals surface area contributed by atoms with Crippen LogP contribution in [0.2, 0.25) is 10.0 Å². The number of carboxylic acids is 1. The van der Waals surface area contributed by atoms with Gasteiger partial charge in [-0.3, -0.25) is 9.59 Å². The summed E-state index contributed by atoms with van der Waals surface area (Å²) < 4.78 is 0. The van der Waals surface area contributed by atoms with Gasteiger partial charge in [-0.1, -0.05) is 23.2 Å². The van der Waals surface area contributed by atoms with Gasteiger partial charge in [0.2, 0.25) is 5.91 Å². The lowest BCUT2D eigenvalue weighted by atomic mass is 10.0. The standard InChI is InChI=1S/C12H14Cl2N2O3/c1-15-6-11(17)16-10(5-12(18)19)7-2-8(13)4-9(14)3-7/h2-4,10,15H,5-6H2,1H3,(H,16,17)(H,18,19). The van der Waals surface area contributed by atoms with Gasteiger partial charge in [0.1, 0.15) is 0 Å². The van der Waals surface area contributed by atoms with Gasteiger partial charge in [0.25, 0.3) is 0 Å². The van der Waals surface area contributed by atoms with Gasteiger partial charge in [-0.2, -0.15) is 0 Å². The predicted molar refractivity (Wildman–Crippen MR) is 73.5 cm³/mol. The summed E-state index contributed by atoms with van der Waals surface area (Å²) in [5, 5.41) is 15.0. The third-order valence-electron chi connectivity index (χ3n) is 2.34. The first kappa shape index (κ1) is 15.8. The fourth-order valence-corrected chi connectivity index (χ4v) is 2.15. The smallest absolute Gasteiger partial charge is 0.305 e. The Morgan fingerprint density at radius 1 is 1.26 bits per heavy atom. The number of rotatable bonds is 6. The minimum atomic E-state index is -1.02. The van der Waals surface area contributed by atoms with Crippen molar-refractivity contribution in [2.24, 2.45) is 0 Å². The van der Waals surface area contributed by atoms with Crippen LogP contribution in [0.5, 0.6) is 0 Å². The number of carbonyl (C=O) groups excluding carboxylic acids is 1. The van der Waals surface area contributed by atoms with Crippen molar-refractivity contribution in [2.75, 3.05) is 13.6 Å². The molecule has 19 heavy (non-hydrogen) atoms. The number of hydrogen-bond donors (Lipinski definition) is 3. The quantitative estimate of drug-likeness (QED) is 0.749. The van der Waals surface area contributed by atoms with Gasteiger partial charge >= 0.3 is 5.97 Å². The van der Waals surface area contributed by atoms with Crippen LogP contribution in [0.15, 0.2) is 18.2 Å². The average Bonchev–Trinajstić information content (AvgIpc) is 2.26. The Balaban J connectivity index is 2.95. The highest BCUT2D eigenvalue weighted by Crippen LogP contribution is 2.25. The monoisotopic (exact) mass is 304 g/mol. The lowest BCUT2D eigenvalue weighted by molar-refractivity contribution is -0.137. The largest absolute Gasteiger partial charge is 0.481 e. The number of benzene rings is 1. The summed E-state index contributed by atoms with van der Waals surface area (Å²) in [7, 11) is 1.63.